The molecule has 1 N–H and O–H groups in total. The molecule has 1 aromatic heterocycles. The summed E-state index contributed by atoms with van der Waals surface area (Å²) in [5, 5.41) is 14.0. The van der Waals surface area contributed by atoms with E-state index in [0.717, 1.165) is 11.5 Å². The maximum absolute atomic E-state index is 13.7. The largest absolute Gasteiger partial charge is 0.356 e. The number of nitrogens with one attached hydrogen (secondary N) is 1. The molecule has 9 heteroatoms. The molecule has 1 aliphatic rings. The van der Waals surface area contributed by atoms with Crippen molar-refractivity contribution in [1.29, 1.82) is 0 Å². The summed E-state index contributed by atoms with van der Waals surface area (Å²) in [5.41, 5.74) is 1.94. The van der Waals surface area contributed by atoms with Crippen molar-refractivity contribution in [2.24, 2.45) is 5.92 Å². The Morgan fingerprint density at radius 1 is 1.15 bits per heavy atom. The highest BCUT2D eigenvalue weighted by Crippen LogP contribution is 2.26. The highest BCUT2D eigenvalue weighted by molar-refractivity contribution is 5.79. The summed E-state index contributed by atoms with van der Waals surface area (Å²) in [5.74, 6) is 0.817. The monoisotopic (exact) mass is 463 g/mol. The van der Waals surface area contributed by atoms with Gasteiger partial charge >= 0.3 is 0 Å². The highest BCUT2D eigenvalue weighted by atomic mass is 19.1. The van der Waals surface area contributed by atoms with Crippen LogP contribution in [0, 0.1) is 28.8 Å². The van der Waals surface area contributed by atoms with Crippen molar-refractivity contribution < 1.29 is 14.1 Å². The zero-order chi connectivity index (χ0) is 24.1. The van der Waals surface area contributed by atoms with Gasteiger partial charge in [0.2, 0.25) is 5.91 Å². The first-order valence-electron chi connectivity index (χ1n) is 11.3. The van der Waals surface area contributed by atoms with Crippen LogP contribution in [-0.4, -0.2) is 40.4 Å². The summed E-state index contributed by atoms with van der Waals surface area (Å²) in [7, 11) is 0. The number of hydrogen-bond donors (Lipinski definition) is 1. The third kappa shape index (κ3) is 5.54. The van der Waals surface area contributed by atoms with E-state index in [0.29, 0.717) is 55.8 Å². The number of benzene rings is 2. The van der Waals surface area contributed by atoms with Crippen molar-refractivity contribution in [2.45, 2.75) is 26.2 Å². The Labute approximate surface area is 197 Å². The number of nitro benzene ring substituents is 1. The Kier molecular flexibility index (Phi) is 7.10. The number of piperidine rings is 1. The van der Waals surface area contributed by atoms with Crippen LogP contribution in [0.5, 0.6) is 0 Å². The molecule has 1 aliphatic heterocycles. The van der Waals surface area contributed by atoms with Gasteiger partial charge in [0.05, 0.1) is 4.92 Å². The molecule has 176 valence electrons. The lowest BCUT2D eigenvalue weighted by Gasteiger charge is -2.32. The lowest BCUT2D eigenvalue weighted by molar-refractivity contribution is -0.384. The van der Waals surface area contributed by atoms with E-state index in [9.17, 15) is 19.3 Å². The predicted molar refractivity (Wildman–Crippen MR) is 127 cm³/mol. The van der Waals surface area contributed by atoms with Crippen molar-refractivity contribution >= 4 is 17.4 Å². The number of halogens is 1. The highest BCUT2D eigenvalue weighted by Gasteiger charge is 2.26. The van der Waals surface area contributed by atoms with Gasteiger partial charge in [-0.2, -0.15) is 0 Å². The minimum Gasteiger partial charge on any atom is -0.356 e. The van der Waals surface area contributed by atoms with Crippen LogP contribution in [0.1, 0.15) is 24.1 Å². The van der Waals surface area contributed by atoms with E-state index < -0.39 is 4.92 Å². The van der Waals surface area contributed by atoms with E-state index in [2.05, 4.69) is 20.2 Å². The van der Waals surface area contributed by atoms with Crippen molar-refractivity contribution in [1.82, 2.24) is 15.3 Å². The van der Waals surface area contributed by atoms with Gasteiger partial charge in [-0.1, -0.05) is 30.3 Å². The number of anilines is 1. The summed E-state index contributed by atoms with van der Waals surface area (Å²) in [6, 6.07) is 14.8. The summed E-state index contributed by atoms with van der Waals surface area (Å²) >= 11 is 0. The first-order valence-corrected chi connectivity index (χ1v) is 11.3. The number of carbonyl (C=O) groups excluding carboxylic acids is 1. The number of aryl methyl sites for hydroxylation is 1. The Balaban J connectivity index is 1.35. The molecule has 8 nitrogen and oxygen atoms in total. The SMILES string of the molecule is Cc1cc(N2CCC(C(=O)NCCc3ccccc3F)CC2)nc(-c2cccc([N+](=O)[O-])c2)n1. The quantitative estimate of drug-likeness (QED) is 0.419. The number of rotatable bonds is 7. The van der Waals surface area contributed by atoms with Gasteiger partial charge < -0.3 is 10.2 Å². The van der Waals surface area contributed by atoms with Gasteiger partial charge in [-0.15, -0.1) is 0 Å². The fourth-order valence-electron chi connectivity index (χ4n) is 4.14. The maximum atomic E-state index is 13.7. The maximum Gasteiger partial charge on any atom is 0.270 e. The van der Waals surface area contributed by atoms with Gasteiger partial charge in [0.25, 0.3) is 5.69 Å². The number of amides is 1. The van der Waals surface area contributed by atoms with E-state index in [1.807, 2.05) is 13.0 Å². The van der Waals surface area contributed by atoms with E-state index in [1.54, 1.807) is 30.3 Å². The van der Waals surface area contributed by atoms with Crippen LogP contribution in [0.4, 0.5) is 15.9 Å². The predicted octanol–water partition coefficient (Wildman–Crippen LogP) is 4.07. The van der Waals surface area contributed by atoms with Gasteiger partial charge in [-0.25, -0.2) is 14.4 Å². The molecule has 0 atom stereocenters. The lowest BCUT2D eigenvalue weighted by Crippen LogP contribution is -2.41. The molecule has 0 aliphatic carbocycles. The normalized spacial score (nSPS) is 14.1. The molecule has 0 spiro atoms. The molecule has 34 heavy (non-hydrogen) atoms. The number of nitrogens with zero attached hydrogens (tertiary/aromatic N) is 4. The molecule has 0 radical (unpaired) electrons. The lowest BCUT2D eigenvalue weighted by atomic mass is 9.95. The van der Waals surface area contributed by atoms with Crippen molar-refractivity contribution in [3.05, 3.63) is 81.8 Å². The molecule has 1 amide bonds. The molecule has 1 saturated heterocycles. The fourth-order valence-corrected chi connectivity index (χ4v) is 4.14. The molecule has 0 bridgehead atoms. The van der Waals surface area contributed by atoms with Crippen molar-refractivity contribution in [3.8, 4) is 11.4 Å². The van der Waals surface area contributed by atoms with Crippen LogP contribution < -0.4 is 10.2 Å². The van der Waals surface area contributed by atoms with E-state index in [4.69, 9.17) is 0 Å². The van der Waals surface area contributed by atoms with Crippen LogP contribution in [-0.2, 0) is 11.2 Å². The summed E-state index contributed by atoms with van der Waals surface area (Å²) in [6.45, 7) is 3.59. The summed E-state index contributed by atoms with van der Waals surface area (Å²) in [6.07, 6.45) is 1.82. The Morgan fingerprint density at radius 3 is 2.65 bits per heavy atom. The summed E-state index contributed by atoms with van der Waals surface area (Å²) in [4.78, 5) is 34.5. The number of hydrogen-bond acceptors (Lipinski definition) is 6. The second kappa shape index (κ2) is 10.4. The molecule has 2 heterocycles. The van der Waals surface area contributed by atoms with E-state index in [1.165, 1.54) is 18.2 Å². The fraction of sp³-hybridized carbons (Fsp3) is 0.320. The van der Waals surface area contributed by atoms with Gasteiger partial charge in [-0.05, 0) is 37.8 Å². The van der Waals surface area contributed by atoms with E-state index in [-0.39, 0.29) is 23.3 Å². The number of carbonyl (C=O) groups is 1. The third-order valence-electron chi connectivity index (χ3n) is 6.00. The molecular weight excluding hydrogens is 437 g/mol. The Hall–Kier alpha value is -3.88. The van der Waals surface area contributed by atoms with E-state index >= 15 is 0 Å². The minimum atomic E-state index is -0.438. The molecule has 4 rings (SSSR count). The van der Waals surface area contributed by atoms with Crippen LogP contribution in [0.15, 0.2) is 54.6 Å². The van der Waals surface area contributed by atoms with Gasteiger partial charge in [0.15, 0.2) is 5.82 Å². The first-order chi connectivity index (χ1) is 16.4. The molecular formula is C25H26FN5O3. The van der Waals surface area contributed by atoms with Crippen LogP contribution in [0.25, 0.3) is 11.4 Å². The minimum absolute atomic E-state index is 0.00728. The van der Waals surface area contributed by atoms with Crippen LogP contribution >= 0.6 is 0 Å². The molecule has 3 aromatic rings. The standard InChI is InChI=1S/C25H26FN5O3/c1-17-15-23(29-24(28-17)20-6-4-7-21(16-20)31(33)34)30-13-10-19(11-14-30)25(32)27-12-9-18-5-2-3-8-22(18)26/h2-8,15-16,19H,9-14H2,1H3,(H,27,32). The molecule has 0 unspecified atom stereocenters. The number of nitro groups is 1. The average Bonchev–Trinajstić information content (AvgIpc) is 2.85. The zero-order valence-electron chi connectivity index (χ0n) is 18.9. The molecule has 0 saturated carbocycles. The zero-order valence-corrected chi connectivity index (χ0v) is 18.9. The number of aromatic nitrogens is 2. The third-order valence-corrected chi connectivity index (χ3v) is 6.00. The second-order valence-electron chi connectivity index (χ2n) is 8.39. The Bertz CT molecular complexity index is 1190. The van der Waals surface area contributed by atoms with Crippen molar-refractivity contribution in [2.75, 3.05) is 24.5 Å². The first kappa shape index (κ1) is 23.3. The average molecular weight is 464 g/mol. The van der Waals surface area contributed by atoms with Crippen LogP contribution in [0.2, 0.25) is 0 Å². The van der Waals surface area contributed by atoms with Gasteiger partial charge in [0.1, 0.15) is 11.6 Å². The van der Waals surface area contributed by atoms with Gasteiger partial charge in [0, 0.05) is 55.0 Å². The van der Waals surface area contributed by atoms with Crippen molar-refractivity contribution in [3.63, 3.8) is 0 Å². The summed E-state index contributed by atoms with van der Waals surface area (Å²) < 4.78 is 13.7. The van der Waals surface area contributed by atoms with Gasteiger partial charge in [-0.3, -0.25) is 14.9 Å². The molecule has 1 fully saturated rings. The smallest absolute Gasteiger partial charge is 0.270 e. The second-order valence-corrected chi connectivity index (χ2v) is 8.39. The molecule has 2 aromatic carbocycles. The number of non-ortho nitro benzene ring substituents is 1. The van der Waals surface area contributed by atoms with Crippen LogP contribution in [0.3, 0.4) is 0 Å². The Morgan fingerprint density at radius 2 is 1.91 bits per heavy atom. The topological polar surface area (TPSA) is 101 Å².